The second-order valence-corrected chi connectivity index (χ2v) is 11.7. The second-order valence-electron chi connectivity index (χ2n) is 9.40. The monoisotopic (exact) mass is 569 g/mol. The first-order valence-electron chi connectivity index (χ1n) is 13.0. The minimum absolute atomic E-state index is 0.0619. The molecule has 0 bridgehead atoms. The highest BCUT2D eigenvalue weighted by Crippen LogP contribution is 2.30. The molecule has 3 rings (SSSR count). The van der Waals surface area contributed by atoms with Crippen LogP contribution in [-0.2, 0) is 26.0 Å². The summed E-state index contributed by atoms with van der Waals surface area (Å²) in [6, 6.07) is 20.3. The molecule has 9 heteroatoms. The van der Waals surface area contributed by atoms with Crippen molar-refractivity contribution >= 4 is 39.1 Å². The molecule has 3 aromatic rings. The zero-order valence-corrected chi connectivity index (χ0v) is 24.4. The summed E-state index contributed by atoms with van der Waals surface area (Å²) >= 11 is 6.27. The molecule has 3 aromatic carbocycles. The van der Waals surface area contributed by atoms with Gasteiger partial charge in [-0.3, -0.25) is 13.9 Å². The molecular weight excluding hydrogens is 534 g/mol. The largest absolute Gasteiger partial charge is 0.355 e. The van der Waals surface area contributed by atoms with Crippen LogP contribution in [-0.4, -0.2) is 50.8 Å². The van der Waals surface area contributed by atoms with E-state index in [1.807, 2.05) is 51.1 Å². The molecule has 0 saturated heterocycles. The lowest BCUT2D eigenvalue weighted by molar-refractivity contribution is -0.139. The molecule has 0 saturated carbocycles. The van der Waals surface area contributed by atoms with Crippen LogP contribution in [0.3, 0.4) is 0 Å². The maximum absolute atomic E-state index is 14.0. The Morgan fingerprint density at radius 2 is 1.62 bits per heavy atom. The first-order chi connectivity index (χ1) is 18.6. The van der Waals surface area contributed by atoms with Crippen molar-refractivity contribution in [3.8, 4) is 0 Å². The molecule has 0 fully saturated rings. The van der Waals surface area contributed by atoms with Crippen LogP contribution in [0, 0.1) is 13.8 Å². The van der Waals surface area contributed by atoms with Gasteiger partial charge in [0.1, 0.15) is 12.6 Å². The van der Waals surface area contributed by atoms with Gasteiger partial charge in [-0.15, -0.1) is 0 Å². The van der Waals surface area contributed by atoms with E-state index in [-0.39, 0.29) is 17.3 Å². The Labute approximate surface area is 236 Å². The molecule has 0 aliphatic carbocycles. The second kappa shape index (κ2) is 13.6. The molecule has 0 unspecified atom stereocenters. The van der Waals surface area contributed by atoms with Crippen molar-refractivity contribution in [1.29, 1.82) is 0 Å². The van der Waals surface area contributed by atoms with Gasteiger partial charge in [0.25, 0.3) is 10.0 Å². The number of likely N-dealkylation sites (N-methyl/N-ethyl adjacent to an activating group) is 1. The van der Waals surface area contributed by atoms with E-state index >= 15 is 0 Å². The van der Waals surface area contributed by atoms with E-state index < -0.39 is 28.5 Å². The van der Waals surface area contributed by atoms with Crippen molar-refractivity contribution in [2.75, 3.05) is 23.9 Å². The number of hydrogen-bond donors (Lipinski definition) is 1. The summed E-state index contributed by atoms with van der Waals surface area (Å²) in [4.78, 5) is 28.5. The summed E-state index contributed by atoms with van der Waals surface area (Å²) in [5, 5.41) is 3.16. The van der Waals surface area contributed by atoms with Crippen LogP contribution in [0.2, 0.25) is 5.02 Å². The summed E-state index contributed by atoms with van der Waals surface area (Å²) in [7, 11) is -4.14. The van der Waals surface area contributed by atoms with Crippen LogP contribution in [0.1, 0.15) is 37.0 Å². The minimum Gasteiger partial charge on any atom is -0.355 e. The first-order valence-corrected chi connectivity index (χ1v) is 14.9. The predicted molar refractivity (Wildman–Crippen MR) is 157 cm³/mol. The number of hydrogen-bond acceptors (Lipinski definition) is 4. The fourth-order valence-electron chi connectivity index (χ4n) is 4.39. The third kappa shape index (κ3) is 7.61. The van der Waals surface area contributed by atoms with Crippen molar-refractivity contribution in [3.63, 3.8) is 0 Å². The Kier molecular flexibility index (Phi) is 10.5. The van der Waals surface area contributed by atoms with Crippen molar-refractivity contribution in [2.24, 2.45) is 0 Å². The fraction of sp³-hybridized carbons (Fsp3) is 0.333. The van der Waals surface area contributed by atoms with Gasteiger partial charge in [0.05, 0.1) is 10.6 Å². The number of nitrogens with zero attached hydrogens (tertiary/aromatic N) is 2. The summed E-state index contributed by atoms with van der Waals surface area (Å²) in [5.74, 6) is -0.743. The number of aryl methyl sites for hydroxylation is 2. The molecule has 0 aliphatic rings. The average Bonchev–Trinajstić information content (AvgIpc) is 2.91. The number of amides is 2. The summed E-state index contributed by atoms with van der Waals surface area (Å²) in [5.41, 5.74) is 2.88. The number of carbonyl (C=O) groups is 2. The van der Waals surface area contributed by atoms with Crippen molar-refractivity contribution in [3.05, 3.63) is 94.5 Å². The maximum atomic E-state index is 14.0. The molecule has 0 radical (unpaired) electrons. The summed E-state index contributed by atoms with van der Waals surface area (Å²) in [6.07, 6.45) is 0.899. The Bertz CT molecular complexity index is 1380. The minimum atomic E-state index is -4.14. The fourth-order valence-corrected chi connectivity index (χ4v) is 6.03. The summed E-state index contributed by atoms with van der Waals surface area (Å²) in [6.45, 7) is 7.49. The maximum Gasteiger partial charge on any atom is 0.264 e. The molecule has 0 heterocycles. The molecule has 208 valence electrons. The lowest BCUT2D eigenvalue weighted by atomic mass is 10.1. The van der Waals surface area contributed by atoms with Gasteiger partial charge in [-0.1, -0.05) is 72.6 Å². The van der Waals surface area contributed by atoms with Crippen LogP contribution in [0.15, 0.2) is 77.7 Å². The highest BCUT2D eigenvalue weighted by molar-refractivity contribution is 7.92. The van der Waals surface area contributed by atoms with Gasteiger partial charge in [0.15, 0.2) is 0 Å². The van der Waals surface area contributed by atoms with Gasteiger partial charge in [-0.05, 0) is 69.0 Å². The van der Waals surface area contributed by atoms with Crippen LogP contribution in [0.5, 0.6) is 0 Å². The number of halogens is 1. The Balaban J connectivity index is 2.05. The lowest BCUT2D eigenvalue weighted by Crippen LogP contribution is -2.53. The van der Waals surface area contributed by atoms with Gasteiger partial charge in [0.2, 0.25) is 11.8 Å². The van der Waals surface area contributed by atoms with E-state index in [0.717, 1.165) is 15.4 Å². The van der Waals surface area contributed by atoms with E-state index in [0.29, 0.717) is 35.7 Å². The average molecular weight is 570 g/mol. The number of sulfonamides is 1. The highest BCUT2D eigenvalue weighted by Gasteiger charge is 2.34. The third-order valence-corrected chi connectivity index (χ3v) is 8.56. The molecular formula is C30H36ClN3O4S. The smallest absolute Gasteiger partial charge is 0.264 e. The molecule has 0 spiro atoms. The van der Waals surface area contributed by atoms with Gasteiger partial charge < -0.3 is 10.2 Å². The zero-order chi connectivity index (χ0) is 28.6. The molecule has 2 amide bonds. The third-order valence-electron chi connectivity index (χ3n) is 6.55. The van der Waals surface area contributed by atoms with E-state index in [2.05, 4.69) is 5.32 Å². The molecule has 0 aliphatic heterocycles. The molecule has 1 atom stereocenters. The standard InChI is InChI=1S/C30H36ClN3O4S/c1-5-27(30(36)32-6-2)33(19-18-24-10-8-7-9-11-24)29(35)21-34(28-20-25(31)15-14-23(28)4)39(37,38)26-16-12-22(3)13-17-26/h7-17,20,27H,5-6,18-19,21H2,1-4H3,(H,32,36)/t27-/m1/s1. The van der Waals surface area contributed by atoms with E-state index in [9.17, 15) is 18.0 Å². The van der Waals surface area contributed by atoms with E-state index in [4.69, 9.17) is 11.6 Å². The quantitative estimate of drug-likeness (QED) is 0.327. The van der Waals surface area contributed by atoms with Crippen LogP contribution < -0.4 is 9.62 Å². The SMILES string of the molecule is CCNC(=O)[C@@H](CC)N(CCc1ccccc1)C(=O)CN(c1cc(Cl)ccc1C)S(=O)(=O)c1ccc(C)cc1. The number of nitrogens with one attached hydrogen (secondary N) is 1. The molecule has 1 N–H and O–H groups in total. The molecule has 39 heavy (non-hydrogen) atoms. The van der Waals surface area contributed by atoms with Gasteiger partial charge in [0, 0.05) is 18.1 Å². The van der Waals surface area contributed by atoms with Crippen LogP contribution in [0.4, 0.5) is 5.69 Å². The summed E-state index contributed by atoms with van der Waals surface area (Å²) < 4.78 is 29.0. The van der Waals surface area contributed by atoms with Crippen LogP contribution >= 0.6 is 11.6 Å². The molecule has 0 aromatic heterocycles. The topological polar surface area (TPSA) is 86.8 Å². The predicted octanol–water partition coefficient (Wildman–Crippen LogP) is 5.14. The number of rotatable bonds is 12. The van der Waals surface area contributed by atoms with Gasteiger partial charge >= 0.3 is 0 Å². The van der Waals surface area contributed by atoms with E-state index in [1.54, 1.807) is 37.3 Å². The van der Waals surface area contributed by atoms with Gasteiger partial charge in [-0.25, -0.2) is 8.42 Å². The highest BCUT2D eigenvalue weighted by atomic mass is 35.5. The number of anilines is 1. The van der Waals surface area contributed by atoms with Gasteiger partial charge in [-0.2, -0.15) is 0 Å². The van der Waals surface area contributed by atoms with Crippen molar-refractivity contribution in [2.45, 2.75) is 51.5 Å². The van der Waals surface area contributed by atoms with Crippen molar-refractivity contribution < 1.29 is 18.0 Å². The Morgan fingerprint density at radius 3 is 2.23 bits per heavy atom. The first kappa shape index (κ1) is 30.2. The molecule has 7 nitrogen and oxygen atoms in total. The Morgan fingerprint density at radius 1 is 0.949 bits per heavy atom. The van der Waals surface area contributed by atoms with E-state index in [1.165, 1.54) is 17.0 Å². The number of benzene rings is 3. The van der Waals surface area contributed by atoms with Crippen LogP contribution in [0.25, 0.3) is 0 Å². The number of carbonyl (C=O) groups excluding carboxylic acids is 2. The lowest BCUT2D eigenvalue weighted by Gasteiger charge is -2.33. The normalized spacial score (nSPS) is 12.0. The Hall–Kier alpha value is -3.36. The zero-order valence-electron chi connectivity index (χ0n) is 22.9. The van der Waals surface area contributed by atoms with Crippen molar-refractivity contribution in [1.82, 2.24) is 10.2 Å².